The molecule has 0 aliphatic carbocycles. The van der Waals surface area contributed by atoms with Crippen LogP contribution in [0.25, 0.3) is 0 Å². The first-order valence-electron chi connectivity index (χ1n) is 9.05. The molecule has 0 rings (SSSR count). The normalized spacial score (nSPS) is 12.0. The molecule has 0 aliphatic rings. The molecule has 0 aromatic rings. The quantitative estimate of drug-likeness (QED) is 0.180. The lowest BCUT2D eigenvalue weighted by Crippen LogP contribution is -2.11. The van der Waals surface area contributed by atoms with Gasteiger partial charge in [0.15, 0.2) is 0 Å². The van der Waals surface area contributed by atoms with Crippen molar-refractivity contribution in [2.75, 3.05) is 6.61 Å². The highest BCUT2D eigenvalue weighted by atomic mass is 35.7. The second-order valence-electron chi connectivity index (χ2n) is 6.49. The molecular formula is C17H36Cl2OSi. The van der Waals surface area contributed by atoms with Crippen molar-refractivity contribution in [2.45, 2.75) is 102 Å². The average molecular weight is 355 g/mol. The molecule has 0 fully saturated rings. The Bertz CT molecular complexity index is 207. The van der Waals surface area contributed by atoms with Gasteiger partial charge in [-0.2, -0.15) is 0 Å². The van der Waals surface area contributed by atoms with Crippen molar-refractivity contribution >= 4 is 28.9 Å². The molecule has 0 radical (unpaired) electrons. The molecule has 0 saturated carbocycles. The summed E-state index contributed by atoms with van der Waals surface area (Å²) >= 11 is 12.2. The maximum absolute atomic E-state index is 8.68. The van der Waals surface area contributed by atoms with E-state index in [-0.39, 0.29) is 0 Å². The van der Waals surface area contributed by atoms with Gasteiger partial charge in [-0.25, -0.2) is 0 Å². The molecule has 0 unspecified atom stereocenters. The zero-order chi connectivity index (χ0) is 15.8. The van der Waals surface area contributed by atoms with Gasteiger partial charge in [0.2, 0.25) is 6.69 Å². The van der Waals surface area contributed by atoms with Crippen LogP contribution >= 0.6 is 22.2 Å². The van der Waals surface area contributed by atoms with Crippen molar-refractivity contribution in [2.24, 2.45) is 0 Å². The summed E-state index contributed by atoms with van der Waals surface area (Å²) in [6.07, 6.45) is 18.5. The standard InChI is InChI=1S/C17H36Cl2OSi/c1-21(18,19)17-15-13-11-9-7-5-3-2-4-6-8-10-12-14-16-20/h20H,2-17H2,1H3. The predicted molar refractivity (Wildman–Crippen MR) is 99.9 cm³/mol. The summed E-state index contributed by atoms with van der Waals surface area (Å²) < 4.78 is 0. The van der Waals surface area contributed by atoms with Gasteiger partial charge >= 0.3 is 0 Å². The number of halogens is 2. The van der Waals surface area contributed by atoms with Gasteiger partial charge in [0.05, 0.1) is 0 Å². The molecule has 0 aromatic heterocycles. The van der Waals surface area contributed by atoms with Gasteiger partial charge in [0, 0.05) is 6.61 Å². The van der Waals surface area contributed by atoms with E-state index in [1.54, 1.807) is 0 Å². The van der Waals surface area contributed by atoms with E-state index in [9.17, 15) is 0 Å². The van der Waals surface area contributed by atoms with Crippen molar-refractivity contribution in [3.05, 3.63) is 0 Å². The van der Waals surface area contributed by atoms with E-state index in [2.05, 4.69) is 0 Å². The molecule has 0 aromatic carbocycles. The maximum Gasteiger partial charge on any atom is 0.248 e. The highest BCUT2D eigenvalue weighted by Gasteiger charge is 2.19. The van der Waals surface area contributed by atoms with Gasteiger partial charge in [-0.3, -0.25) is 0 Å². The summed E-state index contributed by atoms with van der Waals surface area (Å²) in [6, 6.07) is 1.05. The third-order valence-corrected chi connectivity index (χ3v) is 6.39. The monoisotopic (exact) mass is 354 g/mol. The molecule has 0 aliphatic heterocycles. The summed E-state index contributed by atoms with van der Waals surface area (Å²) in [7, 11) is 0. The SMILES string of the molecule is C[Si](Cl)(Cl)CCCCCCCCCCCCCCCCO. The van der Waals surface area contributed by atoms with Gasteiger partial charge in [-0.1, -0.05) is 83.5 Å². The summed E-state index contributed by atoms with van der Waals surface area (Å²) in [5.74, 6) is 0. The molecule has 0 saturated heterocycles. The Labute approximate surface area is 143 Å². The second-order valence-corrected chi connectivity index (χ2v) is 14.7. The van der Waals surface area contributed by atoms with Gasteiger partial charge in [-0.15, -0.1) is 22.2 Å². The largest absolute Gasteiger partial charge is 0.396 e. The fourth-order valence-electron chi connectivity index (χ4n) is 2.67. The van der Waals surface area contributed by atoms with Crippen molar-refractivity contribution in [3.8, 4) is 0 Å². The number of aliphatic hydroxyl groups excluding tert-OH is 1. The van der Waals surface area contributed by atoms with Crippen LogP contribution < -0.4 is 0 Å². The van der Waals surface area contributed by atoms with Crippen LogP contribution in [0.3, 0.4) is 0 Å². The van der Waals surface area contributed by atoms with E-state index < -0.39 is 6.69 Å². The Kier molecular flexibility index (Phi) is 16.2. The van der Waals surface area contributed by atoms with Crippen LogP contribution in [0, 0.1) is 0 Å². The zero-order valence-electron chi connectivity index (χ0n) is 14.0. The van der Waals surface area contributed by atoms with Crippen LogP contribution in [0.2, 0.25) is 12.6 Å². The third kappa shape index (κ3) is 20.8. The minimum absolute atomic E-state index is 0.360. The highest BCUT2D eigenvalue weighted by Crippen LogP contribution is 2.23. The molecule has 1 N–H and O–H groups in total. The molecule has 21 heavy (non-hydrogen) atoms. The van der Waals surface area contributed by atoms with Gasteiger partial charge < -0.3 is 5.11 Å². The minimum atomic E-state index is -1.83. The fraction of sp³-hybridized carbons (Fsp3) is 1.00. The van der Waals surface area contributed by atoms with Crippen molar-refractivity contribution in [3.63, 3.8) is 0 Å². The number of rotatable bonds is 16. The summed E-state index contributed by atoms with van der Waals surface area (Å²) in [5.41, 5.74) is 0. The van der Waals surface area contributed by atoms with Crippen LogP contribution in [0.1, 0.15) is 89.9 Å². The average Bonchev–Trinajstić information content (AvgIpc) is 2.42. The Morgan fingerprint density at radius 3 is 1.14 bits per heavy atom. The Balaban J connectivity index is 3.00. The molecule has 1 nitrogen and oxygen atoms in total. The topological polar surface area (TPSA) is 20.2 Å². The molecule has 0 heterocycles. The fourth-order valence-corrected chi connectivity index (χ4v) is 4.34. The first-order valence-corrected chi connectivity index (χ1v) is 13.8. The molecule has 0 spiro atoms. The van der Waals surface area contributed by atoms with E-state index >= 15 is 0 Å². The Morgan fingerprint density at radius 2 is 0.857 bits per heavy atom. The van der Waals surface area contributed by atoms with Crippen LogP contribution in [0.15, 0.2) is 0 Å². The first kappa shape index (κ1) is 21.8. The Hall–Kier alpha value is 0.757. The summed E-state index contributed by atoms with van der Waals surface area (Å²) in [4.78, 5) is 0. The van der Waals surface area contributed by atoms with E-state index in [4.69, 9.17) is 27.3 Å². The van der Waals surface area contributed by atoms with Gasteiger partial charge in [0.1, 0.15) is 0 Å². The zero-order valence-corrected chi connectivity index (χ0v) is 16.5. The predicted octanol–water partition coefficient (Wildman–Crippen LogP) is 6.99. The molecular weight excluding hydrogens is 319 g/mol. The number of aliphatic hydroxyl groups is 1. The maximum atomic E-state index is 8.68. The first-order chi connectivity index (χ1) is 10.1. The second kappa shape index (κ2) is 15.6. The van der Waals surface area contributed by atoms with Crippen LogP contribution in [0.5, 0.6) is 0 Å². The van der Waals surface area contributed by atoms with Crippen molar-refractivity contribution < 1.29 is 5.11 Å². The van der Waals surface area contributed by atoms with E-state index in [0.29, 0.717) is 6.61 Å². The molecule has 0 amide bonds. The van der Waals surface area contributed by atoms with Crippen molar-refractivity contribution in [1.29, 1.82) is 0 Å². The van der Waals surface area contributed by atoms with Crippen LogP contribution in [0.4, 0.5) is 0 Å². The summed E-state index contributed by atoms with van der Waals surface area (Å²) in [5, 5.41) is 8.68. The minimum Gasteiger partial charge on any atom is -0.396 e. The molecule has 0 bridgehead atoms. The van der Waals surface area contributed by atoms with Gasteiger partial charge in [0.25, 0.3) is 0 Å². The highest BCUT2D eigenvalue weighted by molar-refractivity contribution is 7.44. The van der Waals surface area contributed by atoms with E-state index in [0.717, 1.165) is 12.5 Å². The summed E-state index contributed by atoms with van der Waals surface area (Å²) in [6.45, 7) is 0.547. The number of hydrogen-bond acceptors (Lipinski definition) is 1. The third-order valence-electron chi connectivity index (χ3n) is 4.02. The van der Waals surface area contributed by atoms with E-state index in [1.807, 2.05) is 6.55 Å². The molecule has 4 heteroatoms. The number of unbranched alkanes of at least 4 members (excludes halogenated alkanes) is 13. The molecule has 0 atom stereocenters. The lowest BCUT2D eigenvalue weighted by molar-refractivity contribution is 0.282. The van der Waals surface area contributed by atoms with Crippen LogP contribution in [-0.2, 0) is 0 Å². The van der Waals surface area contributed by atoms with Crippen LogP contribution in [-0.4, -0.2) is 18.4 Å². The number of hydrogen-bond donors (Lipinski definition) is 1. The van der Waals surface area contributed by atoms with Crippen molar-refractivity contribution in [1.82, 2.24) is 0 Å². The van der Waals surface area contributed by atoms with E-state index in [1.165, 1.54) is 83.5 Å². The lowest BCUT2D eigenvalue weighted by atomic mass is 10.0. The Morgan fingerprint density at radius 1 is 0.571 bits per heavy atom. The smallest absolute Gasteiger partial charge is 0.248 e. The lowest BCUT2D eigenvalue weighted by Gasteiger charge is -2.09. The van der Waals surface area contributed by atoms with Gasteiger partial charge in [-0.05, 0) is 19.0 Å². The molecule has 128 valence electrons.